The molecule has 2 heterocycles. The molecule has 2 aliphatic heterocycles. The maximum Gasteiger partial charge on any atom is 2.00 e. The van der Waals surface area contributed by atoms with Crippen LogP contribution in [0.4, 0.5) is 0 Å². The average molecular weight is 418 g/mol. The van der Waals surface area contributed by atoms with Gasteiger partial charge in [0.25, 0.3) is 0 Å². The zero-order valence-electron chi connectivity index (χ0n) is 11.3. The van der Waals surface area contributed by atoms with E-state index in [9.17, 15) is 0 Å². The van der Waals surface area contributed by atoms with E-state index in [-0.39, 0.29) is 17.1 Å². The smallest absolute Gasteiger partial charge is 0.410 e. The largest absolute Gasteiger partial charge is 2.00 e. The van der Waals surface area contributed by atoms with Crippen LogP contribution in [-0.4, -0.2) is 71.3 Å². The Morgan fingerprint density at radius 1 is 0.762 bits per heavy atom. The first kappa shape index (κ1) is 21.6. The molecule has 2 N–H and O–H groups in total. The third-order valence-corrected chi connectivity index (χ3v) is 2.89. The molecule has 11 heteroatoms. The molecule has 2 saturated heterocycles. The standard InChI is InChI=1S/2C5H10N2OS2.Cu/c2*9-5(10)6-7-1-3-8-4-2-7;/h2*1-4H2,(H2,6,9,10);/q;;+2/p-2. The van der Waals surface area contributed by atoms with Crippen LogP contribution in [0.3, 0.4) is 0 Å². The van der Waals surface area contributed by atoms with Crippen molar-refractivity contribution in [3.05, 3.63) is 0 Å². The van der Waals surface area contributed by atoms with Crippen molar-refractivity contribution in [2.75, 3.05) is 52.6 Å². The van der Waals surface area contributed by atoms with Crippen molar-refractivity contribution in [3.63, 3.8) is 0 Å². The van der Waals surface area contributed by atoms with Gasteiger partial charge in [0.2, 0.25) is 0 Å². The number of nitrogens with one attached hydrogen (secondary N) is 2. The van der Waals surface area contributed by atoms with Gasteiger partial charge in [-0.25, -0.2) is 10.0 Å². The molecule has 0 spiro atoms. The van der Waals surface area contributed by atoms with Crippen LogP contribution in [-0.2, 0) is 51.8 Å². The molecule has 21 heavy (non-hydrogen) atoms. The summed E-state index contributed by atoms with van der Waals surface area (Å²) in [5, 5.41) is 3.94. The summed E-state index contributed by atoms with van der Waals surface area (Å²) in [6, 6.07) is 0. The molecule has 0 bridgehead atoms. The minimum absolute atomic E-state index is 0. The minimum Gasteiger partial charge on any atom is -0.410 e. The minimum atomic E-state index is 0. The Balaban J connectivity index is 0.000000364. The van der Waals surface area contributed by atoms with Crippen LogP contribution < -0.4 is 10.9 Å². The first-order valence-electron chi connectivity index (χ1n) is 6.18. The first-order valence-corrected chi connectivity index (χ1v) is 7.82. The maximum absolute atomic E-state index is 5.12. The second-order valence-corrected chi connectivity index (χ2v) is 6.15. The molecule has 0 unspecified atom stereocenters. The van der Waals surface area contributed by atoms with Crippen LogP contribution in [0.2, 0.25) is 0 Å². The molecule has 2 fully saturated rings. The van der Waals surface area contributed by atoms with Crippen LogP contribution in [0.25, 0.3) is 0 Å². The van der Waals surface area contributed by atoms with Crippen molar-refractivity contribution in [2.45, 2.75) is 0 Å². The Labute approximate surface area is 157 Å². The molecule has 2 rings (SSSR count). The molecular formula is C10H18CuN4O2S4. The predicted molar refractivity (Wildman–Crippen MR) is 91.0 cm³/mol. The average Bonchev–Trinajstić information content (AvgIpc) is 2.40. The van der Waals surface area contributed by atoms with Crippen molar-refractivity contribution in [1.29, 1.82) is 0 Å². The van der Waals surface area contributed by atoms with Crippen LogP contribution >= 0.6 is 24.4 Å². The molecule has 0 aromatic heterocycles. The normalized spacial score (nSPS) is 19.4. The summed E-state index contributed by atoms with van der Waals surface area (Å²) < 4.78 is 11.1. The van der Waals surface area contributed by atoms with E-state index in [1.165, 1.54) is 0 Å². The van der Waals surface area contributed by atoms with Gasteiger partial charge in [-0.2, -0.15) is 0 Å². The number of hydrazine groups is 2. The van der Waals surface area contributed by atoms with Crippen molar-refractivity contribution in [3.8, 4) is 0 Å². The van der Waals surface area contributed by atoms with E-state index in [2.05, 4.69) is 10.9 Å². The fraction of sp³-hybridized carbons (Fsp3) is 0.800. The van der Waals surface area contributed by atoms with Crippen molar-refractivity contribution >= 4 is 58.3 Å². The Hall–Kier alpha value is 0.579. The van der Waals surface area contributed by atoms with Crippen LogP contribution in [0.1, 0.15) is 0 Å². The van der Waals surface area contributed by atoms with Gasteiger partial charge in [0.1, 0.15) is 0 Å². The van der Waals surface area contributed by atoms with Crippen LogP contribution in [0, 0.1) is 0 Å². The third kappa shape index (κ3) is 11.8. The van der Waals surface area contributed by atoms with Gasteiger partial charge in [-0.05, 0) is 8.64 Å². The number of morpholine rings is 2. The SMILES string of the molecule is S=C([S-])NN1CCOCC1.S=C([S-])NN1CCOCC1.[Cu+2]. The molecule has 1 radical (unpaired) electrons. The summed E-state index contributed by atoms with van der Waals surface area (Å²) in [7, 11) is 0. The monoisotopic (exact) mass is 417 g/mol. The Morgan fingerprint density at radius 2 is 1.05 bits per heavy atom. The fourth-order valence-corrected chi connectivity index (χ4v) is 2.12. The second-order valence-electron chi connectivity index (χ2n) is 4.00. The van der Waals surface area contributed by atoms with Crippen molar-refractivity contribution in [1.82, 2.24) is 20.9 Å². The molecule has 0 saturated carbocycles. The number of nitrogens with zero attached hydrogens (tertiary/aromatic N) is 2. The Kier molecular flexibility index (Phi) is 13.4. The van der Waals surface area contributed by atoms with Crippen molar-refractivity contribution < 1.29 is 26.5 Å². The van der Waals surface area contributed by atoms with E-state index in [1.807, 2.05) is 10.0 Å². The van der Waals surface area contributed by atoms with E-state index < -0.39 is 0 Å². The molecule has 125 valence electrons. The van der Waals surface area contributed by atoms with E-state index >= 15 is 0 Å². The molecule has 0 aromatic carbocycles. The van der Waals surface area contributed by atoms with Gasteiger partial charge < -0.3 is 70.0 Å². The maximum atomic E-state index is 5.12. The van der Waals surface area contributed by atoms with Gasteiger partial charge >= 0.3 is 17.1 Å². The van der Waals surface area contributed by atoms with E-state index in [0.29, 0.717) is 8.64 Å². The second kappa shape index (κ2) is 13.1. The van der Waals surface area contributed by atoms with Gasteiger partial charge in [-0.3, -0.25) is 0 Å². The zero-order valence-corrected chi connectivity index (χ0v) is 15.5. The Bertz CT molecular complexity index is 285. The number of hydrogen-bond acceptors (Lipinski definition) is 8. The molecule has 6 nitrogen and oxygen atoms in total. The van der Waals surface area contributed by atoms with E-state index in [0.717, 1.165) is 52.6 Å². The molecule has 0 atom stereocenters. The third-order valence-electron chi connectivity index (χ3n) is 2.52. The molecule has 0 aromatic rings. The van der Waals surface area contributed by atoms with E-state index in [1.54, 1.807) is 0 Å². The van der Waals surface area contributed by atoms with Crippen LogP contribution in [0.5, 0.6) is 0 Å². The quantitative estimate of drug-likeness (QED) is 0.343. The number of ether oxygens (including phenoxy) is 2. The van der Waals surface area contributed by atoms with Gasteiger partial charge in [-0.1, -0.05) is 0 Å². The molecule has 0 aliphatic carbocycles. The summed E-state index contributed by atoms with van der Waals surface area (Å²) in [6.07, 6.45) is 0. The topological polar surface area (TPSA) is 49.0 Å². The summed E-state index contributed by atoms with van der Waals surface area (Å²) in [5.41, 5.74) is 5.76. The van der Waals surface area contributed by atoms with Gasteiger partial charge in [0, 0.05) is 26.2 Å². The van der Waals surface area contributed by atoms with Crippen LogP contribution in [0.15, 0.2) is 0 Å². The molecular weight excluding hydrogens is 400 g/mol. The Morgan fingerprint density at radius 3 is 1.29 bits per heavy atom. The summed E-state index contributed by atoms with van der Waals surface area (Å²) in [6.45, 7) is 6.45. The number of thiocarbonyl (C=S) groups is 2. The first-order chi connectivity index (χ1) is 9.58. The molecule has 0 amide bonds. The van der Waals surface area contributed by atoms with Gasteiger partial charge in [-0.15, -0.1) is 0 Å². The predicted octanol–water partition coefficient (Wildman–Crippen LogP) is -0.692. The summed E-state index contributed by atoms with van der Waals surface area (Å²) in [5.74, 6) is 0. The van der Waals surface area contributed by atoms with Gasteiger partial charge in [0.15, 0.2) is 0 Å². The van der Waals surface area contributed by atoms with Gasteiger partial charge in [0.05, 0.1) is 26.4 Å². The summed E-state index contributed by atoms with van der Waals surface area (Å²) in [4.78, 5) is 0. The molecule has 2 aliphatic rings. The van der Waals surface area contributed by atoms with E-state index in [4.69, 9.17) is 59.2 Å². The number of rotatable bonds is 2. The fourth-order valence-electron chi connectivity index (χ4n) is 1.61. The summed E-state index contributed by atoms with van der Waals surface area (Å²) >= 11 is 18.8. The van der Waals surface area contributed by atoms with Crippen molar-refractivity contribution in [2.24, 2.45) is 0 Å². The zero-order chi connectivity index (χ0) is 14.8. The number of hydrogen-bond donors (Lipinski definition) is 2.